The number of carbonyl (C=O) groups is 4. The Bertz CT molecular complexity index is 671. The van der Waals surface area contributed by atoms with Gasteiger partial charge in [-0.05, 0) is 25.0 Å². The number of rotatable bonds is 11. The topological polar surface area (TPSA) is 118 Å². The van der Waals surface area contributed by atoms with Gasteiger partial charge >= 0.3 is 11.9 Å². The molecule has 0 amide bonds. The summed E-state index contributed by atoms with van der Waals surface area (Å²) in [5.41, 5.74) is -2.34. The van der Waals surface area contributed by atoms with Crippen molar-refractivity contribution in [3.05, 3.63) is 34.9 Å². The monoisotopic (exact) mass is 370 g/mol. The quantitative estimate of drug-likeness (QED) is 0.349. The first-order valence-electron chi connectivity index (χ1n) is 7.53. The molecule has 0 aliphatic rings. The van der Waals surface area contributed by atoms with E-state index < -0.39 is 35.5 Å². The maximum absolute atomic E-state index is 12.9. The molecule has 7 nitrogen and oxygen atoms in total. The molecule has 8 heteroatoms. The standard InChI is InChI=1S/C17H19ClO7/c1-25-10-13(19)17(16(23)24,8-3-2-7-14(20)21)15(22)11-5-4-6-12(18)9-11/h4-6,9H,2-3,7-8,10H2,1H3,(H,20,21)(H,23,24). The minimum Gasteiger partial charge on any atom is -0.481 e. The van der Waals surface area contributed by atoms with Gasteiger partial charge in [0.2, 0.25) is 0 Å². The number of carboxylic acid groups (broad SMARTS) is 2. The normalized spacial score (nSPS) is 13.0. The second-order valence-electron chi connectivity index (χ2n) is 5.51. The molecule has 0 heterocycles. The van der Waals surface area contributed by atoms with Crippen molar-refractivity contribution < 1.29 is 34.1 Å². The summed E-state index contributed by atoms with van der Waals surface area (Å²) in [6, 6.07) is 5.67. The predicted molar refractivity (Wildman–Crippen MR) is 88.8 cm³/mol. The molecule has 0 radical (unpaired) electrons. The molecule has 0 spiro atoms. The number of ketones is 2. The summed E-state index contributed by atoms with van der Waals surface area (Å²) >= 11 is 5.85. The number of halogens is 1. The average Bonchev–Trinajstić information content (AvgIpc) is 2.54. The highest BCUT2D eigenvalue weighted by Crippen LogP contribution is 2.32. The van der Waals surface area contributed by atoms with Crippen LogP contribution in [0.5, 0.6) is 0 Å². The summed E-state index contributed by atoms with van der Waals surface area (Å²) in [6.07, 6.45) is -0.267. The van der Waals surface area contributed by atoms with E-state index in [1.807, 2.05) is 0 Å². The molecule has 1 unspecified atom stereocenters. The van der Waals surface area contributed by atoms with E-state index >= 15 is 0 Å². The van der Waals surface area contributed by atoms with Crippen molar-refractivity contribution in [3.63, 3.8) is 0 Å². The largest absolute Gasteiger partial charge is 0.481 e. The number of ether oxygens (including phenoxy) is 1. The lowest BCUT2D eigenvalue weighted by atomic mass is 9.73. The number of unbranched alkanes of at least 4 members (excludes halogenated alkanes) is 1. The maximum atomic E-state index is 12.9. The summed E-state index contributed by atoms with van der Waals surface area (Å²) in [6.45, 7) is -0.544. The molecule has 1 aromatic carbocycles. The molecule has 0 saturated heterocycles. The predicted octanol–water partition coefficient (Wildman–Crippen LogP) is 2.45. The number of carbonyl (C=O) groups excluding carboxylic acids is 2. The van der Waals surface area contributed by atoms with Gasteiger partial charge in [0.25, 0.3) is 0 Å². The number of hydrogen-bond donors (Lipinski definition) is 2. The molecular formula is C17H19ClO7. The first kappa shape index (κ1) is 20.8. The van der Waals surface area contributed by atoms with Crippen molar-refractivity contribution in [1.29, 1.82) is 0 Å². The van der Waals surface area contributed by atoms with Crippen molar-refractivity contribution in [2.24, 2.45) is 5.41 Å². The Hall–Kier alpha value is -2.25. The van der Waals surface area contributed by atoms with Gasteiger partial charge in [-0.2, -0.15) is 0 Å². The second-order valence-corrected chi connectivity index (χ2v) is 5.94. The molecule has 0 saturated carbocycles. The van der Waals surface area contributed by atoms with E-state index in [9.17, 15) is 24.3 Å². The van der Waals surface area contributed by atoms with Crippen LogP contribution in [0, 0.1) is 5.41 Å². The zero-order chi connectivity index (χ0) is 19.0. The molecular weight excluding hydrogens is 352 g/mol. The highest BCUT2D eigenvalue weighted by Gasteiger charge is 2.52. The summed E-state index contributed by atoms with van der Waals surface area (Å²) in [4.78, 5) is 47.9. The molecule has 0 aliphatic heterocycles. The minimum absolute atomic E-state index is 0.00223. The molecule has 0 aromatic heterocycles. The van der Waals surface area contributed by atoms with Crippen LogP contribution >= 0.6 is 11.6 Å². The van der Waals surface area contributed by atoms with Crippen LogP contribution in [0.4, 0.5) is 0 Å². The molecule has 1 atom stereocenters. The maximum Gasteiger partial charge on any atom is 0.325 e. The Morgan fingerprint density at radius 3 is 2.36 bits per heavy atom. The average molecular weight is 371 g/mol. The Morgan fingerprint density at radius 1 is 1.16 bits per heavy atom. The molecule has 1 rings (SSSR count). The van der Waals surface area contributed by atoms with Gasteiger partial charge in [0.1, 0.15) is 6.61 Å². The minimum atomic E-state index is -2.33. The third kappa shape index (κ3) is 5.11. The number of methoxy groups -OCH3 is 1. The Kier molecular flexibility index (Phi) is 7.73. The zero-order valence-corrected chi connectivity index (χ0v) is 14.4. The fourth-order valence-electron chi connectivity index (χ4n) is 2.50. The van der Waals surface area contributed by atoms with E-state index in [2.05, 4.69) is 0 Å². The third-order valence-corrected chi connectivity index (χ3v) is 4.02. The van der Waals surface area contributed by atoms with E-state index in [1.165, 1.54) is 31.4 Å². The van der Waals surface area contributed by atoms with Crippen LogP contribution in [0.3, 0.4) is 0 Å². The van der Waals surface area contributed by atoms with Crippen LogP contribution in [0.15, 0.2) is 24.3 Å². The van der Waals surface area contributed by atoms with E-state index in [4.69, 9.17) is 21.4 Å². The van der Waals surface area contributed by atoms with Crippen LogP contribution in [0.1, 0.15) is 36.0 Å². The van der Waals surface area contributed by atoms with Gasteiger partial charge in [-0.1, -0.05) is 30.2 Å². The molecule has 0 fully saturated rings. The number of benzene rings is 1. The fourth-order valence-corrected chi connectivity index (χ4v) is 2.69. The zero-order valence-electron chi connectivity index (χ0n) is 13.7. The van der Waals surface area contributed by atoms with Crippen LogP contribution in [-0.2, 0) is 19.1 Å². The van der Waals surface area contributed by atoms with Crippen LogP contribution in [0.2, 0.25) is 5.02 Å². The number of hydrogen-bond acceptors (Lipinski definition) is 5. The smallest absolute Gasteiger partial charge is 0.325 e. The van der Waals surface area contributed by atoms with Gasteiger partial charge in [0.15, 0.2) is 17.0 Å². The van der Waals surface area contributed by atoms with Gasteiger partial charge in [-0.15, -0.1) is 0 Å². The Balaban J connectivity index is 3.23. The first-order chi connectivity index (χ1) is 11.8. The van der Waals surface area contributed by atoms with E-state index in [-0.39, 0.29) is 36.3 Å². The van der Waals surface area contributed by atoms with Gasteiger partial charge < -0.3 is 14.9 Å². The molecule has 0 bridgehead atoms. The van der Waals surface area contributed by atoms with Gasteiger partial charge in [0.05, 0.1) is 0 Å². The highest BCUT2D eigenvalue weighted by atomic mass is 35.5. The summed E-state index contributed by atoms with van der Waals surface area (Å²) < 4.78 is 4.73. The second kappa shape index (κ2) is 9.29. The lowest BCUT2D eigenvalue weighted by Gasteiger charge is -2.26. The number of aliphatic carboxylic acids is 2. The number of Topliss-reactive ketones (excluding diaryl/α,β-unsaturated/α-hetero) is 2. The first-order valence-corrected chi connectivity index (χ1v) is 7.91. The van der Waals surface area contributed by atoms with E-state index in [0.29, 0.717) is 0 Å². The fraction of sp³-hybridized carbons (Fsp3) is 0.412. The van der Waals surface area contributed by atoms with Crippen molar-refractivity contribution in [3.8, 4) is 0 Å². The van der Waals surface area contributed by atoms with Crippen molar-refractivity contribution in [2.45, 2.75) is 25.7 Å². The summed E-state index contributed by atoms with van der Waals surface area (Å²) in [5.74, 6) is -4.40. The van der Waals surface area contributed by atoms with Gasteiger partial charge in [0, 0.05) is 24.1 Å². The SMILES string of the molecule is COCC(=O)C(CCCCC(=O)O)(C(=O)O)C(=O)c1cccc(Cl)c1. The van der Waals surface area contributed by atoms with Crippen molar-refractivity contribution in [1.82, 2.24) is 0 Å². The van der Waals surface area contributed by atoms with Crippen LogP contribution < -0.4 is 0 Å². The lowest BCUT2D eigenvalue weighted by molar-refractivity contribution is -0.153. The molecule has 136 valence electrons. The Labute approximate surface area is 149 Å². The van der Waals surface area contributed by atoms with Gasteiger partial charge in [-0.3, -0.25) is 19.2 Å². The molecule has 1 aromatic rings. The molecule has 2 N–H and O–H groups in total. The lowest BCUT2D eigenvalue weighted by Crippen LogP contribution is -2.48. The summed E-state index contributed by atoms with van der Waals surface area (Å²) in [5, 5.41) is 18.6. The van der Waals surface area contributed by atoms with E-state index in [0.717, 1.165) is 0 Å². The van der Waals surface area contributed by atoms with Crippen LogP contribution in [-0.4, -0.2) is 47.4 Å². The van der Waals surface area contributed by atoms with Crippen molar-refractivity contribution in [2.75, 3.05) is 13.7 Å². The third-order valence-electron chi connectivity index (χ3n) is 3.78. The summed E-state index contributed by atoms with van der Waals surface area (Å²) in [7, 11) is 1.22. The van der Waals surface area contributed by atoms with Crippen LogP contribution in [0.25, 0.3) is 0 Å². The number of carboxylic acids is 2. The molecule has 0 aliphatic carbocycles. The molecule has 25 heavy (non-hydrogen) atoms. The highest BCUT2D eigenvalue weighted by molar-refractivity contribution is 6.32. The Morgan fingerprint density at radius 2 is 1.84 bits per heavy atom. The van der Waals surface area contributed by atoms with E-state index in [1.54, 1.807) is 0 Å². The van der Waals surface area contributed by atoms with Gasteiger partial charge in [-0.25, -0.2) is 0 Å². The van der Waals surface area contributed by atoms with Crippen molar-refractivity contribution >= 4 is 35.1 Å².